The summed E-state index contributed by atoms with van der Waals surface area (Å²) in [4.78, 5) is 14.9. The fourth-order valence-corrected chi connectivity index (χ4v) is 4.15. The zero-order chi connectivity index (χ0) is 13.9. The molecule has 0 bridgehead atoms. The van der Waals surface area contributed by atoms with Gasteiger partial charge in [-0.1, -0.05) is 40.9 Å². The van der Waals surface area contributed by atoms with E-state index in [1.54, 1.807) is 0 Å². The lowest BCUT2D eigenvalue weighted by molar-refractivity contribution is 0.0390. The Morgan fingerprint density at radius 2 is 1.80 bits per heavy atom. The smallest absolute Gasteiger partial charge is 0.254 e. The van der Waals surface area contributed by atoms with Crippen LogP contribution in [-0.4, -0.2) is 23.4 Å². The van der Waals surface area contributed by atoms with Crippen LogP contribution in [0.1, 0.15) is 54.4 Å². The largest absolute Gasteiger partial charge is 0.335 e. The second kappa shape index (κ2) is 6.30. The van der Waals surface area contributed by atoms with Crippen LogP contribution in [0.3, 0.4) is 0 Å². The number of carbonyl (C=O) groups excluding carboxylic acids is 1. The quantitative estimate of drug-likeness (QED) is 0.734. The first-order chi connectivity index (χ1) is 9.79. The van der Waals surface area contributed by atoms with Crippen LogP contribution < -0.4 is 0 Å². The molecule has 2 aliphatic rings. The van der Waals surface area contributed by atoms with Gasteiger partial charge in [0.05, 0.1) is 0 Å². The van der Waals surface area contributed by atoms with Crippen molar-refractivity contribution in [2.45, 2.75) is 49.9 Å². The van der Waals surface area contributed by atoms with Gasteiger partial charge in [-0.05, 0) is 49.3 Å². The highest BCUT2D eigenvalue weighted by atomic mass is 79.9. The number of amides is 1. The Morgan fingerprint density at radius 3 is 2.55 bits per heavy atom. The lowest BCUT2D eigenvalue weighted by Gasteiger charge is -2.44. The van der Waals surface area contributed by atoms with Gasteiger partial charge in [0.2, 0.25) is 0 Å². The summed E-state index contributed by atoms with van der Waals surface area (Å²) in [6.07, 6.45) is 7.65. The number of benzene rings is 1. The van der Waals surface area contributed by atoms with E-state index < -0.39 is 0 Å². The molecule has 1 heterocycles. The van der Waals surface area contributed by atoms with Crippen LogP contribution in [0.2, 0.25) is 0 Å². The standard InChI is InChI=1S/C17H22BrNO/c18-12-13-7-9-15(10-8-13)17(20)19-11-3-5-14-4-1-2-6-16(14)19/h7-10,14,16H,1-6,11-12H2/t14-,16-/m1/s1. The summed E-state index contributed by atoms with van der Waals surface area (Å²) in [5.74, 6) is 0.992. The van der Waals surface area contributed by atoms with Crippen molar-refractivity contribution in [3.63, 3.8) is 0 Å². The number of hydrogen-bond donors (Lipinski definition) is 0. The van der Waals surface area contributed by atoms with Crippen LogP contribution in [0.5, 0.6) is 0 Å². The molecule has 0 spiro atoms. The van der Waals surface area contributed by atoms with Crippen molar-refractivity contribution < 1.29 is 4.79 Å². The molecule has 0 aromatic heterocycles. The third-order valence-electron chi connectivity index (χ3n) is 4.86. The van der Waals surface area contributed by atoms with Crippen LogP contribution in [-0.2, 0) is 5.33 Å². The molecule has 20 heavy (non-hydrogen) atoms. The van der Waals surface area contributed by atoms with Gasteiger partial charge in [0.15, 0.2) is 0 Å². The number of piperidine rings is 1. The minimum atomic E-state index is 0.239. The summed E-state index contributed by atoms with van der Waals surface area (Å²) in [6.45, 7) is 0.945. The van der Waals surface area contributed by atoms with Gasteiger partial charge in [0.25, 0.3) is 5.91 Å². The lowest BCUT2D eigenvalue weighted by Crippen LogP contribution is -2.49. The first-order valence-electron chi connectivity index (χ1n) is 7.75. The predicted molar refractivity (Wildman–Crippen MR) is 85.1 cm³/mol. The molecule has 3 rings (SSSR count). The zero-order valence-corrected chi connectivity index (χ0v) is 13.4. The molecule has 1 saturated heterocycles. The molecule has 0 unspecified atom stereocenters. The maximum absolute atomic E-state index is 12.8. The lowest BCUT2D eigenvalue weighted by atomic mass is 9.78. The number of fused-ring (bicyclic) bond motifs is 1. The van der Waals surface area contributed by atoms with Gasteiger partial charge in [0, 0.05) is 23.5 Å². The molecule has 1 amide bonds. The fraction of sp³-hybridized carbons (Fsp3) is 0.588. The monoisotopic (exact) mass is 335 g/mol. The minimum absolute atomic E-state index is 0.239. The van der Waals surface area contributed by atoms with Crippen molar-refractivity contribution in [3.8, 4) is 0 Å². The normalized spacial score (nSPS) is 26.1. The molecule has 1 aromatic carbocycles. The van der Waals surface area contributed by atoms with Crippen molar-refractivity contribution in [1.82, 2.24) is 4.90 Å². The first-order valence-corrected chi connectivity index (χ1v) is 8.87. The van der Waals surface area contributed by atoms with Crippen LogP contribution in [0.4, 0.5) is 0 Å². The van der Waals surface area contributed by atoms with E-state index >= 15 is 0 Å². The van der Waals surface area contributed by atoms with Gasteiger partial charge in [-0.25, -0.2) is 0 Å². The first kappa shape index (κ1) is 14.1. The van der Waals surface area contributed by atoms with Crippen LogP contribution in [0.25, 0.3) is 0 Å². The summed E-state index contributed by atoms with van der Waals surface area (Å²) in [5, 5.41) is 0.843. The maximum atomic E-state index is 12.8. The average Bonchev–Trinajstić information content (AvgIpc) is 2.54. The van der Waals surface area contributed by atoms with Crippen LogP contribution in [0.15, 0.2) is 24.3 Å². The highest BCUT2D eigenvalue weighted by Crippen LogP contribution is 2.35. The molecular formula is C17H22BrNO. The third kappa shape index (κ3) is 2.78. The summed E-state index contributed by atoms with van der Waals surface area (Å²) in [5.41, 5.74) is 2.07. The Hall–Kier alpha value is -0.830. The fourth-order valence-electron chi connectivity index (χ4n) is 3.78. The Morgan fingerprint density at radius 1 is 1.10 bits per heavy atom. The highest BCUT2D eigenvalue weighted by Gasteiger charge is 2.35. The van der Waals surface area contributed by atoms with Gasteiger partial charge in [-0.2, -0.15) is 0 Å². The van der Waals surface area contributed by atoms with E-state index in [0.29, 0.717) is 6.04 Å². The number of carbonyl (C=O) groups is 1. The molecule has 108 valence electrons. The Labute approximate surface area is 129 Å². The van der Waals surface area contributed by atoms with Crippen molar-refractivity contribution in [3.05, 3.63) is 35.4 Å². The van der Waals surface area contributed by atoms with E-state index in [9.17, 15) is 4.79 Å². The van der Waals surface area contributed by atoms with Crippen molar-refractivity contribution >= 4 is 21.8 Å². The van der Waals surface area contributed by atoms with Gasteiger partial charge in [-0.15, -0.1) is 0 Å². The van der Waals surface area contributed by atoms with E-state index in [-0.39, 0.29) is 5.91 Å². The van der Waals surface area contributed by atoms with E-state index in [4.69, 9.17) is 0 Å². The summed E-state index contributed by atoms with van der Waals surface area (Å²) in [6, 6.07) is 8.55. The van der Waals surface area contributed by atoms with Crippen molar-refractivity contribution in [2.75, 3.05) is 6.54 Å². The number of alkyl halides is 1. The SMILES string of the molecule is O=C(c1ccc(CBr)cc1)N1CCC[C@H]2CCCC[C@H]21. The van der Waals surface area contributed by atoms with Gasteiger partial charge < -0.3 is 4.90 Å². The van der Waals surface area contributed by atoms with E-state index in [2.05, 4.69) is 20.8 Å². The van der Waals surface area contributed by atoms with Gasteiger partial charge >= 0.3 is 0 Å². The topological polar surface area (TPSA) is 20.3 Å². The van der Waals surface area contributed by atoms with Crippen LogP contribution in [0, 0.1) is 5.92 Å². The molecule has 2 fully saturated rings. The number of nitrogens with zero attached hydrogens (tertiary/aromatic N) is 1. The average molecular weight is 336 g/mol. The molecular weight excluding hydrogens is 314 g/mol. The Bertz CT molecular complexity index is 468. The van der Waals surface area contributed by atoms with Crippen molar-refractivity contribution in [1.29, 1.82) is 0 Å². The molecule has 0 radical (unpaired) electrons. The summed E-state index contributed by atoms with van der Waals surface area (Å²) < 4.78 is 0. The minimum Gasteiger partial charge on any atom is -0.335 e. The Balaban J connectivity index is 1.77. The second-order valence-corrected chi connectivity index (χ2v) is 6.64. The van der Waals surface area contributed by atoms with Gasteiger partial charge in [-0.3, -0.25) is 4.79 Å². The summed E-state index contributed by atoms with van der Waals surface area (Å²) in [7, 11) is 0. The molecule has 2 nitrogen and oxygen atoms in total. The van der Waals surface area contributed by atoms with Crippen molar-refractivity contribution in [2.24, 2.45) is 5.92 Å². The highest BCUT2D eigenvalue weighted by molar-refractivity contribution is 9.08. The van der Waals surface area contributed by atoms with Gasteiger partial charge in [0.1, 0.15) is 0 Å². The number of rotatable bonds is 2. The molecule has 2 atom stereocenters. The number of halogens is 1. The van der Waals surface area contributed by atoms with E-state index in [1.165, 1.54) is 44.1 Å². The molecule has 1 aromatic rings. The maximum Gasteiger partial charge on any atom is 0.254 e. The third-order valence-corrected chi connectivity index (χ3v) is 5.51. The number of hydrogen-bond acceptors (Lipinski definition) is 1. The second-order valence-electron chi connectivity index (χ2n) is 6.08. The van der Waals surface area contributed by atoms with E-state index in [1.807, 2.05) is 24.3 Å². The molecule has 1 saturated carbocycles. The molecule has 1 aliphatic heterocycles. The van der Waals surface area contributed by atoms with Crippen LogP contribution >= 0.6 is 15.9 Å². The molecule has 3 heteroatoms. The zero-order valence-electron chi connectivity index (χ0n) is 11.9. The predicted octanol–water partition coefficient (Wildman–Crippen LogP) is 4.38. The molecule has 0 N–H and O–H groups in total. The molecule has 1 aliphatic carbocycles. The van der Waals surface area contributed by atoms with E-state index in [0.717, 1.165) is 23.4 Å². The Kier molecular flexibility index (Phi) is 4.45. The number of likely N-dealkylation sites (tertiary alicyclic amines) is 1. The summed E-state index contributed by atoms with van der Waals surface area (Å²) >= 11 is 3.45.